The molecule has 0 aliphatic rings. The highest BCUT2D eigenvalue weighted by Crippen LogP contribution is 2.26. The van der Waals surface area contributed by atoms with Gasteiger partial charge >= 0.3 is 11.9 Å². The largest absolute Gasteiger partial charge is 0.481 e. The van der Waals surface area contributed by atoms with Crippen molar-refractivity contribution in [3.63, 3.8) is 0 Å². The highest BCUT2D eigenvalue weighted by atomic mass is 127. The minimum atomic E-state index is -1.26. The van der Waals surface area contributed by atoms with Gasteiger partial charge in [-0.05, 0) is 71.3 Å². The molecule has 8 heteroatoms. The summed E-state index contributed by atoms with van der Waals surface area (Å²) >= 11 is 2.17. The summed E-state index contributed by atoms with van der Waals surface area (Å²) in [6.07, 6.45) is 2.12. The van der Waals surface area contributed by atoms with E-state index in [-0.39, 0.29) is 18.5 Å². The molecule has 0 radical (unpaired) electrons. The topological polar surface area (TPSA) is 113 Å². The zero-order valence-corrected chi connectivity index (χ0v) is 17.6. The van der Waals surface area contributed by atoms with Gasteiger partial charge in [-0.2, -0.15) is 0 Å². The van der Waals surface area contributed by atoms with Gasteiger partial charge in [-0.1, -0.05) is 24.3 Å². The molecular weight excluding hydrogens is 489 g/mol. The van der Waals surface area contributed by atoms with Gasteiger partial charge in [0.1, 0.15) is 17.2 Å². The number of carbonyl (C=O) groups excluding carboxylic acids is 1. The quantitative estimate of drug-likeness (QED) is 0.251. The minimum absolute atomic E-state index is 0.0225. The molecule has 0 unspecified atom stereocenters. The number of ether oxygens (including phenoxy) is 1. The van der Waals surface area contributed by atoms with E-state index in [2.05, 4.69) is 27.9 Å². The monoisotopic (exact) mass is 509 g/mol. The molecular formula is C21H20INO6. The van der Waals surface area contributed by atoms with Crippen molar-refractivity contribution in [2.75, 3.05) is 0 Å². The molecule has 0 atom stereocenters. The number of amides is 1. The first kappa shape index (κ1) is 22.4. The molecule has 0 aromatic heterocycles. The molecule has 2 aromatic carbocycles. The lowest BCUT2D eigenvalue weighted by Gasteiger charge is -2.08. The summed E-state index contributed by atoms with van der Waals surface area (Å²) in [6.45, 7) is 0. The smallest absolute Gasteiger partial charge is 0.352 e. The standard InChI is InChI=1S/C21H20INO6/c22-16-5-1-2-6-18(16)29-15-11-9-14(10-12-15)13-17(21(27)28)23-19(24)7-3-4-8-20(25)26/h1-2,5-6,9-13H,3-4,7-8H2,(H,23,24)(H,25,26)(H,27,28). The summed E-state index contributed by atoms with van der Waals surface area (Å²) in [5.41, 5.74) is 0.336. The molecule has 0 aliphatic heterocycles. The molecule has 3 N–H and O–H groups in total. The molecule has 7 nitrogen and oxygen atoms in total. The first-order valence-corrected chi connectivity index (χ1v) is 9.92. The van der Waals surface area contributed by atoms with Crippen LogP contribution in [-0.4, -0.2) is 28.1 Å². The number of hydrogen-bond donors (Lipinski definition) is 3. The third-order valence-electron chi connectivity index (χ3n) is 3.80. The number of carbonyl (C=O) groups is 3. The van der Waals surface area contributed by atoms with Crippen LogP contribution in [0, 0.1) is 3.57 Å². The van der Waals surface area contributed by atoms with Crippen molar-refractivity contribution in [2.45, 2.75) is 25.7 Å². The zero-order valence-electron chi connectivity index (χ0n) is 15.4. The third kappa shape index (κ3) is 7.94. The number of halogens is 1. The number of carboxylic acid groups (broad SMARTS) is 2. The van der Waals surface area contributed by atoms with Crippen LogP contribution in [-0.2, 0) is 14.4 Å². The third-order valence-corrected chi connectivity index (χ3v) is 4.70. The van der Waals surface area contributed by atoms with Crippen molar-refractivity contribution in [1.29, 1.82) is 0 Å². The predicted molar refractivity (Wildman–Crippen MR) is 116 cm³/mol. The highest BCUT2D eigenvalue weighted by molar-refractivity contribution is 14.1. The molecule has 2 rings (SSSR count). The Kier molecular flexibility index (Phi) is 8.66. The fraction of sp³-hybridized carbons (Fsp3) is 0.190. The van der Waals surface area contributed by atoms with Crippen molar-refractivity contribution >= 4 is 46.5 Å². The van der Waals surface area contributed by atoms with Crippen LogP contribution in [0.3, 0.4) is 0 Å². The lowest BCUT2D eigenvalue weighted by molar-refractivity contribution is -0.137. The van der Waals surface area contributed by atoms with Gasteiger partial charge in [-0.3, -0.25) is 9.59 Å². The van der Waals surface area contributed by atoms with E-state index < -0.39 is 17.8 Å². The van der Waals surface area contributed by atoms with Crippen molar-refractivity contribution in [2.24, 2.45) is 0 Å². The number of hydrogen-bond acceptors (Lipinski definition) is 4. The van der Waals surface area contributed by atoms with Crippen LogP contribution >= 0.6 is 22.6 Å². The first-order chi connectivity index (χ1) is 13.8. The Bertz CT molecular complexity index is 908. The summed E-state index contributed by atoms with van der Waals surface area (Å²) < 4.78 is 6.76. The predicted octanol–water partition coefficient (Wildman–Crippen LogP) is 4.27. The maximum atomic E-state index is 11.9. The summed E-state index contributed by atoms with van der Waals surface area (Å²) in [6, 6.07) is 14.4. The number of para-hydroxylation sites is 1. The lowest BCUT2D eigenvalue weighted by Crippen LogP contribution is -2.26. The van der Waals surface area contributed by atoms with E-state index in [1.54, 1.807) is 24.3 Å². The molecule has 0 spiro atoms. The molecule has 0 bridgehead atoms. The van der Waals surface area contributed by atoms with E-state index in [9.17, 15) is 19.5 Å². The molecule has 0 saturated carbocycles. The normalized spacial score (nSPS) is 11.0. The van der Waals surface area contributed by atoms with Crippen LogP contribution in [0.5, 0.6) is 11.5 Å². The number of unbranched alkanes of at least 4 members (excludes halogenated alkanes) is 1. The van der Waals surface area contributed by atoms with Crippen LogP contribution in [0.4, 0.5) is 0 Å². The molecule has 152 valence electrons. The maximum absolute atomic E-state index is 11.9. The van der Waals surface area contributed by atoms with Crippen LogP contribution in [0.25, 0.3) is 6.08 Å². The summed E-state index contributed by atoms with van der Waals surface area (Å²) in [7, 11) is 0. The Balaban J connectivity index is 1.99. The molecule has 29 heavy (non-hydrogen) atoms. The van der Waals surface area contributed by atoms with Gasteiger partial charge in [0.15, 0.2) is 0 Å². The Hall–Kier alpha value is -2.88. The van der Waals surface area contributed by atoms with E-state index in [4.69, 9.17) is 9.84 Å². The molecule has 0 fully saturated rings. The van der Waals surface area contributed by atoms with Gasteiger partial charge < -0.3 is 20.3 Å². The fourth-order valence-corrected chi connectivity index (χ4v) is 2.88. The first-order valence-electron chi connectivity index (χ1n) is 8.84. The average molecular weight is 509 g/mol. The molecule has 0 saturated heterocycles. The zero-order chi connectivity index (χ0) is 21.2. The van der Waals surface area contributed by atoms with E-state index in [1.807, 2.05) is 24.3 Å². The number of benzene rings is 2. The summed E-state index contributed by atoms with van der Waals surface area (Å²) in [5, 5.41) is 20.3. The minimum Gasteiger partial charge on any atom is -0.481 e. The highest BCUT2D eigenvalue weighted by Gasteiger charge is 2.12. The van der Waals surface area contributed by atoms with Gasteiger partial charge in [-0.15, -0.1) is 0 Å². The van der Waals surface area contributed by atoms with Crippen molar-refractivity contribution < 1.29 is 29.3 Å². The Morgan fingerprint density at radius 3 is 2.24 bits per heavy atom. The number of rotatable bonds is 10. The van der Waals surface area contributed by atoms with E-state index in [0.29, 0.717) is 24.2 Å². The average Bonchev–Trinajstić information content (AvgIpc) is 2.67. The van der Waals surface area contributed by atoms with E-state index in [0.717, 1.165) is 9.32 Å². The van der Waals surface area contributed by atoms with Crippen LogP contribution in [0.15, 0.2) is 54.2 Å². The van der Waals surface area contributed by atoms with Crippen LogP contribution in [0.2, 0.25) is 0 Å². The van der Waals surface area contributed by atoms with Crippen molar-refractivity contribution in [1.82, 2.24) is 5.32 Å². The molecule has 1 amide bonds. The van der Waals surface area contributed by atoms with Gasteiger partial charge in [-0.25, -0.2) is 4.79 Å². The van der Waals surface area contributed by atoms with Gasteiger partial charge in [0.2, 0.25) is 5.91 Å². The number of carboxylic acids is 2. The van der Waals surface area contributed by atoms with Crippen molar-refractivity contribution in [3.8, 4) is 11.5 Å². The van der Waals surface area contributed by atoms with E-state index >= 15 is 0 Å². The Morgan fingerprint density at radius 2 is 1.62 bits per heavy atom. The second-order valence-corrected chi connectivity index (χ2v) is 7.28. The van der Waals surface area contributed by atoms with E-state index in [1.165, 1.54) is 6.08 Å². The molecule has 0 heterocycles. The van der Waals surface area contributed by atoms with Gasteiger partial charge in [0, 0.05) is 12.8 Å². The Labute approximate surface area is 181 Å². The fourth-order valence-electron chi connectivity index (χ4n) is 2.38. The second-order valence-electron chi connectivity index (χ2n) is 6.11. The number of nitrogens with one attached hydrogen (secondary N) is 1. The van der Waals surface area contributed by atoms with Crippen molar-refractivity contribution in [3.05, 3.63) is 63.4 Å². The van der Waals surface area contributed by atoms with Crippen LogP contribution in [0.1, 0.15) is 31.2 Å². The maximum Gasteiger partial charge on any atom is 0.352 e. The van der Waals surface area contributed by atoms with Gasteiger partial charge in [0.05, 0.1) is 3.57 Å². The second kappa shape index (κ2) is 11.2. The molecule has 0 aliphatic carbocycles. The summed E-state index contributed by atoms with van der Waals surface area (Å²) in [4.78, 5) is 33.8. The van der Waals surface area contributed by atoms with Crippen LogP contribution < -0.4 is 10.1 Å². The molecule has 2 aromatic rings. The number of aliphatic carboxylic acids is 2. The van der Waals surface area contributed by atoms with Gasteiger partial charge in [0.25, 0.3) is 0 Å². The Morgan fingerprint density at radius 1 is 0.966 bits per heavy atom. The summed E-state index contributed by atoms with van der Waals surface area (Å²) in [5.74, 6) is -1.33. The lowest BCUT2D eigenvalue weighted by atomic mass is 10.1. The SMILES string of the molecule is O=C(O)CCCCC(=O)NC(=Cc1ccc(Oc2ccccc2I)cc1)C(=O)O.